The highest BCUT2D eigenvalue weighted by Gasteiger charge is 2.26. The summed E-state index contributed by atoms with van der Waals surface area (Å²) in [6.45, 7) is 0.480. The maximum Gasteiger partial charge on any atom is 0.269 e. The summed E-state index contributed by atoms with van der Waals surface area (Å²) < 4.78 is 5.28. The molecule has 0 aliphatic heterocycles. The van der Waals surface area contributed by atoms with Crippen molar-refractivity contribution in [2.75, 3.05) is 20.2 Å². The molecule has 2 aromatic carbocycles. The number of fused-ring (bicyclic) bond motifs is 4. The van der Waals surface area contributed by atoms with Crippen molar-refractivity contribution in [3.05, 3.63) is 95.6 Å². The minimum atomic E-state index is -0.347. The third-order valence-corrected chi connectivity index (χ3v) is 6.58. The lowest BCUT2D eigenvalue weighted by atomic mass is 9.99. The van der Waals surface area contributed by atoms with Crippen LogP contribution < -0.4 is 15.4 Å². The molecule has 4 N–H and O–H groups in total. The van der Waals surface area contributed by atoms with Crippen LogP contribution in [0, 0.1) is 0 Å². The van der Waals surface area contributed by atoms with Crippen LogP contribution in [-0.4, -0.2) is 52.6 Å². The van der Waals surface area contributed by atoms with E-state index in [4.69, 9.17) is 9.72 Å². The molecule has 3 heterocycles. The molecule has 0 atom stereocenters. The number of methoxy groups -OCH3 is 1. The van der Waals surface area contributed by atoms with E-state index in [0.717, 1.165) is 33.1 Å². The summed E-state index contributed by atoms with van der Waals surface area (Å²) in [4.78, 5) is 48.9. The van der Waals surface area contributed by atoms with Crippen LogP contribution in [0.4, 0.5) is 0 Å². The Morgan fingerprint density at radius 3 is 2.63 bits per heavy atom. The number of para-hydroxylation sites is 1. The molecule has 6 rings (SSSR count). The van der Waals surface area contributed by atoms with Crippen LogP contribution in [0.3, 0.4) is 0 Å². The Hall–Kier alpha value is -5.18. The van der Waals surface area contributed by atoms with Gasteiger partial charge in [-0.2, -0.15) is 0 Å². The maximum atomic E-state index is 13.2. The van der Waals surface area contributed by atoms with E-state index in [1.165, 1.54) is 6.08 Å². The van der Waals surface area contributed by atoms with Gasteiger partial charge in [-0.15, -0.1) is 0 Å². The molecule has 0 saturated heterocycles. The van der Waals surface area contributed by atoms with Gasteiger partial charge in [-0.05, 0) is 42.5 Å². The van der Waals surface area contributed by atoms with Crippen molar-refractivity contribution in [1.82, 2.24) is 25.6 Å². The lowest BCUT2D eigenvalue weighted by molar-refractivity contribution is 0.0948. The van der Waals surface area contributed by atoms with Crippen molar-refractivity contribution < 1.29 is 19.1 Å². The fraction of sp³-hybridized carbons (Fsp3) is 0.103. The van der Waals surface area contributed by atoms with Gasteiger partial charge in [0.05, 0.1) is 35.3 Å². The number of ketones is 2. The molecule has 9 heteroatoms. The Balaban J connectivity index is 1.24. The predicted octanol–water partition coefficient (Wildman–Crippen LogP) is 4.00. The van der Waals surface area contributed by atoms with E-state index in [9.17, 15) is 14.4 Å². The zero-order chi connectivity index (χ0) is 26.2. The van der Waals surface area contributed by atoms with E-state index in [-0.39, 0.29) is 47.6 Å². The molecule has 0 bridgehead atoms. The molecule has 188 valence electrons. The van der Waals surface area contributed by atoms with Crippen molar-refractivity contribution in [1.29, 1.82) is 0 Å². The van der Waals surface area contributed by atoms with E-state index in [2.05, 4.69) is 20.6 Å². The first-order chi connectivity index (χ1) is 18.5. The SMILES string of the molecule is COc1ccc(-c2nc(C(=O)NCCNC3=CC(=O)c4cc[nH]c4C3=O)cc3c2[nH]c2ccccc23)cc1. The molecule has 3 aromatic heterocycles. The topological polar surface area (TPSA) is 129 Å². The van der Waals surface area contributed by atoms with Crippen LogP contribution in [0.2, 0.25) is 0 Å². The predicted molar refractivity (Wildman–Crippen MR) is 143 cm³/mol. The first-order valence-corrected chi connectivity index (χ1v) is 12.1. The third kappa shape index (κ3) is 4.00. The number of benzene rings is 2. The maximum absolute atomic E-state index is 13.2. The smallest absolute Gasteiger partial charge is 0.269 e. The Morgan fingerprint density at radius 2 is 1.82 bits per heavy atom. The van der Waals surface area contributed by atoms with Gasteiger partial charge in [-0.1, -0.05) is 18.2 Å². The van der Waals surface area contributed by atoms with Crippen molar-refractivity contribution in [2.45, 2.75) is 0 Å². The number of pyridine rings is 1. The number of aromatic nitrogens is 3. The second-order valence-corrected chi connectivity index (χ2v) is 8.88. The van der Waals surface area contributed by atoms with Gasteiger partial charge in [0.2, 0.25) is 5.78 Å². The molecule has 38 heavy (non-hydrogen) atoms. The minimum absolute atomic E-state index is 0.194. The molecule has 0 spiro atoms. The molecule has 1 aliphatic carbocycles. The summed E-state index contributed by atoms with van der Waals surface area (Å²) in [7, 11) is 1.61. The van der Waals surface area contributed by atoms with Crippen LogP contribution in [0.1, 0.15) is 31.3 Å². The number of carbonyl (C=O) groups is 3. The Labute approximate surface area is 216 Å². The van der Waals surface area contributed by atoms with Crippen LogP contribution in [-0.2, 0) is 0 Å². The molecule has 0 unspecified atom stereocenters. The Kier molecular flexibility index (Phi) is 5.72. The van der Waals surface area contributed by atoms with Gasteiger partial charge >= 0.3 is 0 Å². The highest BCUT2D eigenvalue weighted by Crippen LogP contribution is 2.33. The number of Topliss-reactive ketones (excluding diaryl/α,β-unsaturated/α-hetero) is 1. The number of hydrogen-bond acceptors (Lipinski definition) is 6. The normalized spacial score (nSPS) is 12.9. The molecule has 5 aromatic rings. The van der Waals surface area contributed by atoms with E-state index in [1.54, 1.807) is 25.4 Å². The van der Waals surface area contributed by atoms with E-state index >= 15 is 0 Å². The molecular formula is C29H23N5O4. The molecule has 0 radical (unpaired) electrons. The number of carbonyl (C=O) groups excluding carboxylic acids is 3. The molecule has 1 amide bonds. The second-order valence-electron chi connectivity index (χ2n) is 8.88. The lowest BCUT2D eigenvalue weighted by Gasteiger charge is -2.14. The number of nitrogens with zero attached hydrogens (tertiary/aromatic N) is 1. The first kappa shape index (κ1) is 23.2. The van der Waals surface area contributed by atoms with Crippen molar-refractivity contribution in [3.63, 3.8) is 0 Å². The number of nitrogens with one attached hydrogen (secondary N) is 4. The number of H-pyrrole nitrogens is 2. The van der Waals surface area contributed by atoms with Crippen LogP contribution in [0.5, 0.6) is 5.75 Å². The fourth-order valence-corrected chi connectivity index (χ4v) is 4.69. The number of ether oxygens (including phenoxy) is 1. The van der Waals surface area contributed by atoms with Crippen LogP contribution in [0.25, 0.3) is 33.1 Å². The highest BCUT2D eigenvalue weighted by atomic mass is 16.5. The van der Waals surface area contributed by atoms with Gasteiger partial charge < -0.3 is 25.3 Å². The summed E-state index contributed by atoms with van der Waals surface area (Å²) in [5.74, 6) is -0.148. The van der Waals surface area contributed by atoms with Gasteiger partial charge in [-0.25, -0.2) is 4.98 Å². The molecular weight excluding hydrogens is 482 g/mol. The molecule has 9 nitrogen and oxygen atoms in total. The molecule has 0 fully saturated rings. The molecule has 0 saturated carbocycles. The summed E-state index contributed by atoms with van der Waals surface area (Å²) in [6.07, 6.45) is 2.85. The Bertz CT molecular complexity index is 1760. The van der Waals surface area contributed by atoms with Crippen LogP contribution >= 0.6 is 0 Å². The monoisotopic (exact) mass is 505 g/mol. The minimum Gasteiger partial charge on any atom is -0.497 e. The van der Waals surface area contributed by atoms with Crippen molar-refractivity contribution in [3.8, 4) is 17.0 Å². The summed E-state index contributed by atoms with van der Waals surface area (Å²) >= 11 is 0. The van der Waals surface area contributed by atoms with Crippen LogP contribution in [0.15, 0.2) is 78.6 Å². The lowest BCUT2D eigenvalue weighted by Crippen LogP contribution is -2.34. The average Bonchev–Trinajstić information content (AvgIpc) is 3.59. The fourth-order valence-electron chi connectivity index (χ4n) is 4.69. The largest absolute Gasteiger partial charge is 0.497 e. The van der Waals surface area contributed by atoms with Gasteiger partial charge in [0, 0.05) is 47.2 Å². The number of allylic oxidation sites excluding steroid dienone is 2. The van der Waals surface area contributed by atoms with E-state index in [1.807, 2.05) is 48.5 Å². The average molecular weight is 506 g/mol. The summed E-state index contributed by atoms with van der Waals surface area (Å²) in [5, 5.41) is 7.69. The zero-order valence-electron chi connectivity index (χ0n) is 20.4. The zero-order valence-corrected chi connectivity index (χ0v) is 20.4. The standard InChI is InChI=1S/C29H23N5O4/c1-38-17-8-6-16(7-9-17)25-26-20(18-4-2-3-5-21(18)33-26)14-23(34-25)29(37)32-13-12-30-22-15-24(35)19-10-11-31-27(19)28(22)36/h2-11,14-15,30-31,33H,12-13H2,1H3,(H,32,37). The molecule has 1 aliphatic rings. The van der Waals surface area contributed by atoms with Gasteiger partial charge in [-0.3, -0.25) is 14.4 Å². The van der Waals surface area contributed by atoms with E-state index in [0.29, 0.717) is 11.3 Å². The van der Waals surface area contributed by atoms with Crippen molar-refractivity contribution >= 4 is 39.3 Å². The number of hydrogen-bond donors (Lipinski definition) is 4. The van der Waals surface area contributed by atoms with Gasteiger partial charge in [0.1, 0.15) is 11.4 Å². The van der Waals surface area contributed by atoms with Gasteiger partial charge in [0.25, 0.3) is 5.91 Å². The number of rotatable bonds is 7. The third-order valence-electron chi connectivity index (χ3n) is 6.58. The second kappa shape index (κ2) is 9.36. The Morgan fingerprint density at radius 1 is 1.00 bits per heavy atom. The first-order valence-electron chi connectivity index (χ1n) is 12.1. The quantitative estimate of drug-likeness (QED) is 0.248. The van der Waals surface area contributed by atoms with Gasteiger partial charge in [0.15, 0.2) is 5.78 Å². The summed E-state index contributed by atoms with van der Waals surface area (Å²) in [5.41, 5.74) is 4.38. The number of amides is 1. The van der Waals surface area contributed by atoms with E-state index < -0.39 is 0 Å². The highest BCUT2D eigenvalue weighted by molar-refractivity contribution is 6.23. The number of aromatic amines is 2. The summed E-state index contributed by atoms with van der Waals surface area (Å²) in [6, 6.07) is 18.8. The van der Waals surface area contributed by atoms with Crippen molar-refractivity contribution in [2.24, 2.45) is 0 Å².